The Balaban J connectivity index is 1.84. The van der Waals surface area contributed by atoms with Gasteiger partial charge < -0.3 is 10.4 Å². The van der Waals surface area contributed by atoms with Gasteiger partial charge in [-0.1, -0.05) is 17.7 Å². The fourth-order valence-electron chi connectivity index (χ4n) is 1.89. The molecule has 4 heteroatoms. The molecule has 1 heterocycles. The lowest BCUT2D eigenvalue weighted by molar-refractivity contribution is -0.138. The summed E-state index contributed by atoms with van der Waals surface area (Å²) in [6.45, 7) is 0. The first-order valence-electron chi connectivity index (χ1n) is 5.56. The molecule has 1 aliphatic heterocycles. The van der Waals surface area contributed by atoms with E-state index < -0.39 is 12.0 Å². The first kappa shape index (κ1) is 11.6. The van der Waals surface area contributed by atoms with Crippen molar-refractivity contribution in [3.05, 3.63) is 47.4 Å². The Bertz CT molecular complexity index is 439. The van der Waals surface area contributed by atoms with Gasteiger partial charge in [0.25, 0.3) is 0 Å². The van der Waals surface area contributed by atoms with Crippen LogP contribution >= 0.6 is 0 Å². The molecule has 0 fully saturated rings. The van der Waals surface area contributed by atoms with Crippen LogP contribution in [0.5, 0.6) is 0 Å². The van der Waals surface area contributed by atoms with Crippen molar-refractivity contribution in [2.24, 2.45) is 0 Å². The minimum absolute atomic E-state index is 0.235. The zero-order valence-corrected chi connectivity index (χ0v) is 9.32. The summed E-state index contributed by atoms with van der Waals surface area (Å²) in [5.74, 6) is -1.06. The predicted molar refractivity (Wildman–Crippen MR) is 62.0 cm³/mol. The summed E-state index contributed by atoms with van der Waals surface area (Å²) in [5.41, 5.74) is 2.16. The summed E-state index contributed by atoms with van der Waals surface area (Å²) in [7, 11) is 0. The number of carboxylic acid groups (broad SMARTS) is 1. The second-order valence-electron chi connectivity index (χ2n) is 4.19. The molecule has 0 spiro atoms. The largest absolute Gasteiger partial charge is 0.480 e. The molecule has 2 rings (SSSR count). The number of halogens is 1. The fraction of sp³-hybridized carbons (Fsp3) is 0.308. The third-order valence-electron chi connectivity index (χ3n) is 2.90. The van der Waals surface area contributed by atoms with Gasteiger partial charge in [0.15, 0.2) is 0 Å². The Morgan fingerprint density at radius 1 is 1.35 bits per heavy atom. The lowest BCUT2D eigenvalue weighted by Gasteiger charge is -2.05. The van der Waals surface area contributed by atoms with Crippen LogP contribution in [0.15, 0.2) is 36.0 Å². The highest BCUT2D eigenvalue weighted by Crippen LogP contribution is 2.18. The van der Waals surface area contributed by atoms with Gasteiger partial charge in [-0.3, -0.25) is 0 Å². The molecule has 90 valence electrons. The number of hydrogen-bond acceptors (Lipinski definition) is 2. The fourth-order valence-corrected chi connectivity index (χ4v) is 1.89. The maximum Gasteiger partial charge on any atom is 0.326 e. The second-order valence-corrected chi connectivity index (χ2v) is 4.19. The van der Waals surface area contributed by atoms with Gasteiger partial charge in [0.05, 0.1) is 0 Å². The number of aryl methyl sites for hydroxylation is 1. The van der Waals surface area contributed by atoms with Gasteiger partial charge in [0.2, 0.25) is 0 Å². The van der Waals surface area contributed by atoms with Gasteiger partial charge in [0.1, 0.15) is 11.9 Å². The maximum absolute atomic E-state index is 12.7. The standard InChI is InChI=1S/C13H14FNO2/c14-11-5-3-9(4-6-11)1-2-10-7-12(13(16)17)15-8-10/h3-6,8,12,15H,1-2,7H2,(H,16,17). The quantitative estimate of drug-likeness (QED) is 0.840. The van der Waals surface area contributed by atoms with E-state index in [-0.39, 0.29) is 5.82 Å². The number of carbonyl (C=O) groups is 1. The Labute approximate surface area is 99.0 Å². The minimum Gasteiger partial charge on any atom is -0.480 e. The summed E-state index contributed by atoms with van der Waals surface area (Å²) in [4.78, 5) is 10.7. The third-order valence-corrected chi connectivity index (χ3v) is 2.90. The smallest absolute Gasteiger partial charge is 0.326 e. The molecule has 0 amide bonds. The molecule has 0 aromatic heterocycles. The molecule has 1 unspecified atom stereocenters. The Morgan fingerprint density at radius 2 is 2.06 bits per heavy atom. The van der Waals surface area contributed by atoms with Crippen molar-refractivity contribution >= 4 is 5.97 Å². The molecule has 0 saturated carbocycles. The van der Waals surface area contributed by atoms with Crippen LogP contribution in [0.4, 0.5) is 4.39 Å². The number of aliphatic carboxylic acids is 1. The molecule has 3 nitrogen and oxygen atoms in total. The van der Waals surface area contributed by atoms with Crippen LogP contribution in [0.25, 0.3) is 0 Å². The van der Waals surface area contributed by atoms with Crippen molar-refractivity contribution in [2.45, 2.75) is 25.3 Å². The lowest BCUT2D eigenvalue weighted by Crippen LogP contribution is -2.28. The Hall–Kier alpha value is -1.84. The summed E-state index contributed by atoms with van der Waals surface area (Å²) >= 11 is 0. The number of benzene rings is 1. The van der Waals surface area contributed by atoms with E-state index in [0.29, 0.717) is 6.42 Å². The van der Waals surface area contributed by atoms with Gasteiger partial charge in [-0.05, 0) is 36.7 Å². The van der Waals surface area contributed by atoms with Gasteiger partial charge in [0, 0.05) is 6.42 Å². The van der Waals surface area contributed by atoms with E-state index >= 15 is 0 Å². The van der Waals surface area contributed by atoms with Crippen LogP contribution in [0.2, 0.25) is 0 Å². The number of rotatable bonds is 4. The van der Waals surface area contributed by atoms with E-state index in [1.54, 1.807) is 18.3 Å². The van der Waals surface area contributed by atoms with Crippen LogP contribution in [0, 0.1) is 5.82 Å². The zero-order valence-electron chi connectivity index (χ0n) is 9.32. The molecule has 0 bridgehead atoms. The first-order valence-corrected chi connectivity index (χ1v) is 5.56. The average molecular weight is 235 g/mol. The molecule has 17 heavy (non-hydrogen) atoms. The molecular formula is C13H14FNO2. The van der Waals surface area contributed by atoms with Gasteiger partial charge >= 0.3 is 5.97 Å². The van der Waals surface area contributed by atoms with Crippen molar-refractivity contribution in [1.82, 2.24) is 5.32 Å². The number of hydrogen-bond donors (Lipinski definition) is 2. The van der Waals surface area contributed by atoms with Crippen molar-refractivity contribution < 1.29 is 14.3 Å². The molecule has 1 aromatic rings. The molecule has 2 N–H and O–H groups in total. The molecule has 1 aromatic carbocycles. The second kappa shape index (κ2) is 4.99. The van der Waals surface area contributed by atoms with Crippen LogP contribution in [-0.4, -0.2) is 17.1 Å². The minimum atomic E-state index is -0.821. The normalized spacial score (nSPS) is 18.6. The first-order chi connectivity index (χ1) is 8.15. The summed E-state index contributed by atoms with van der Waals surface area (Å²) in [5, 5.41) is 11.6. The zero-order chi connectivity index (χ0) is 12.3. The van der Waals surface area contributed by atoms with Gasteiger partial charge in [-0.2, -0.15) is 0 Å². The van der Waals surface area contributed by atoms with E-state index in [0.717, 1.165) is 24.0 Å². The van der Waals surface area contributed by atoms with Crippen molar-refractivity contribution in [1.29, 1.82) is 0 Å². The van der Waals surface area contributed by atoms with E-state index in [9.17, 15) is 9.18 Å². The van der Waals surface area contributed by atoms with E-state index in [4.69, 9.17) is 5.11 Å². The Morgan fingerprint density at radius 3 is 2.65 bits per heavy atom. The van der Waals surface area contributed by atoms with Gasteiger partial charge in [-0.15, -0.1) is 0 Å². The molecule has 0 radical (unpaired) electrons. The Kier molecular flexibility index (Phi) is 3.42. The van der Waals surface area contributed by atoms with Crippen molar-refractivity contribution in [3.8, 4) is 0 Å². The lowest BCUT2D eigenvalue weighted by atomic mass is 10.0. The van der Waals surface area contributed by atoms with Gasteiger partial charge in [-0.25, -0.2) is 9.18 Å². The molecular weight excluding hydrogens is 221 g/mol. The highest BCUT2D eigenvalue weighted by Gasteiger charge is 2.22. The highest BCUT2D eigenvalue weighted by molar-refractivity contribution is 5.74. The van der Waals surface area contributed by atoms with Crippen molar-refractivity contribution in [3.63, 3.8) is 0 Å². The highest BCUT2D eigenvalue weighted by atomic mass is 19.1. The van der Waals surface area contributed by atoms with E-state index in [1.807, 2.05) is 0 Å². The number of carboxylic acids is 1. The van der Waals surface area contributed by atoms with Crippen LogP contribution in [0.3, 0.4) is 0 Å². The SMILES string of the molecule is O=C(O)C1CC(CCc2ccc(F)cc2)=CN1. The molecule has 1 aliphatic rings. The summed E-state index contributed by atoms with van der Waals surface area (Å²) in [6.07, 6.45) is 3.95. The molecule has 0 aliphatic carbocycles. The third kappa shape index (κ3) is 3.06. The summed E-state index contributed by atoms with van der Waals surface area (Å²) < 4.78 is 12.7. The molecule has 0 saturated heterocycles. The van der Waals surface area contributed by atoms with Crippen LogP contribution in [0.1, 0.15) is 18.4 Å². The number of nitrogens with one attached hydrogen (secondary N) is 1. The predicted octanol–water partition coefficient (Wildman–Crippen LogP) is 2.09. The van der Waals surface area contributed by atoms with Crippen LogP contribution in [-0.2, 0) is 11.2 Å². The summed E-state index contributed by atoms with van der Waals surface area (Å²) in [6, 6.07) is 5.91. The van der Waals surface area contributed by atoms with Crippen molar-refractivity contribution in [2.75, 3.05) is 0 Å². The van der Waals surface area contributed by atoms with E-state index in [2.05, 4.69) is 5.32 Å². The molecule has 1 atom stereocenters. The topological polar surface area (TPSA) is 49.3 Å². The van der Waals surface area contributed by atoms with E-state index in [1.165, 1.54) is 12.1 Å². The average Bonchev–Trinajstić information content (AvgIpc) is 2.77. The monoisotopic (exact) mass is 235 g/mol. The maximum atomic E-state index is 12.7. The van der Waals surface area contributed by atoms with Crippen LogP contribution < -0.4 is 5.32 Å².